The highest BCUT2D eigenvalue weighted by molar-refractivity contribution is 6.17. The number of ether oxygens (including phenoxy) is 1. The van der Waals surface area contributed by atoms with Gasteiger partial charge in [-0.3, -0.25) is 0 Å². The quantitative estimate of drug-likeness (QED) is 0.645. The van der Waals surface area contributed by atoms with E-state index in [1.165, 1.54) is 11.1 Å². The van der Waals surface area contributed by atoms with Crippen LogP contribution in [0.3, 0.4) is 0 Å². The average molecular weight is 211 g/mol. The lowest BCUT2D eigenvalue weighted by Crippen LogP contribution is -2.32. The van der Waals surface area contributed by atoms with Gasteiger partial charge >= 0.3 is 0 Å². The molecule has 0 amide bonds. The molecule has 2 heteroatoms. The van der Waals surface area contributed by atoms with Gasteiger partial charge in [-0.25, -0.2) is 0 Å². The van der Waals surface area contributed by atoms with Gasteiger partial charge in [0.2, 0.25) is 0 Å². The molecule has 1 nitrogen and oxygen atoms in total. The van der Waals surface area contributed by atoms with Crippen LogP contribution in [0.5, 0.6) is 5.75 Å². The summed E-state index contributed by atoms with van der Waals surface area (Å²) >= 11 is 5.78. The molecule has 0 aliphatic carbocycles. The average Bonchev–Trinajstić information content (AvgIpc) is 2.16. The van der Waals surface area contributed by atoms with E-state index < -0.39 is 0 Å². The summed E-state index contributed by atoms with van der Waals surface area (Å²) in [5, 5.41) is 0. The van der Waals surface area contributed by atoms with Gasteiger partial charge in [0.15, 0.2) is 0 Å². The minimum absolute atomic E-state index is 0.0184. The molecule has 76 valence electrons. The van der Waals surface area contributed by atoms with E-state index in [0.29, 0.717) is 5.88 Å². The third kappa shape index (κ3) is 1.88. The van der Waals surface area contributed by atoms with Crippen LogP contribution in [0.25, 0.3) is 0 Å². The van der Waals surface area contributed by atoms with Gasteiger partial charge in [-0.05, 0) is 43.9 Å². The van der Waals surface area contributed by atoms with Crippen molar-refractivity contribution in [2.45, 2.75) is 38.2 Å². The first-order chi connectivity index (χ1) is 6.61. The topological polar surface area (TPSA) is 9.23 Å². The summed E-state index contributed by atoms with van der Waals surface area (Å²) in [6, 6.07) is 6.22. The highest BCUT2D eigenvalue weighted by Crippen LogP contribution is 2.33. The van der Waals surface area contributed by atoms with Crippen LogP contribution in [0.1, 0.15) is 31.4 Å². The van der Waals surface area contributed by atoms with E-state index in [1.54, 1.807) is 0 Å². The third-order valence-electron chi connectivity index (χ3n) is 2.66. The fraction of sp³-hybridized carbons (Fsp3) is 0.500. The molecule has 0 aromatic heterocycles. The Hall–Kier alpha value is -0.690. The van der Waals surface area contributed by atoms with Crippen molar-refractivity contribution in [3.05, 3.63) is 29.3 Å². The van der Waals surface area contributed by atoms with Crippen LogP contribution in [0, 0.1) is 0 Å². The van der Waals surface area contributed by atoms with Gasteiger partial charge in [-0.1, -0.05) is 12.1 Å². The van der Waals surface area contributed by atoms with Gasteiger partial charge in [0.05, 0.1) is 0 Å². The van der Waals surface area contributed by atoms with Crippen LogP contribution >= 0.6 is 11.6 Å². The molecule has 0 bridgehead atoms. The molecule has 0 spiro atoms. The lowest BCUT2D eigenvalue weighted by Gasteiger charge is -2.32. The number of fused-ring (bicyclic) bond motifs is 1. The van der Waals surface area contributed by atoms with E-state index in [-0.39, 0.29) is 5.60 Å². The third-order valence-corrected chi connectivity index (χ3v) is 2.97. The predicted molar refractivity (Wildman–Crippen MR) is 59.0 cm³/mol. The van der Waals surface area contributed by atoms with Crippen LogP contribution in [-0.2, 0) is 12.3 Å². The Morgan fingerprint density at radius 3 is 2.93 bits per heavy atom. The van der Waals surface area contributed by atoms with Crippen molar-refractivity contribution in [3.63, 3.8) is 0 Å². The summed E-state index contributed by atoms with van der Waals surface area (Å²) in [7, 11) is 0. The molecule has 0 N–H and O–H groups in total. The molecule has 0 atom stereocenters. The molecule has 1 heterocycles. The van der Waals surface area contributed by atoms with E-state index >= 15 is 0 Å². The fourth-order valence-electron chi connectivity index (χ4n) is 1.80. The first kappa shape index (κ1) is 9.85. The Morgan fingerprint density at radius 1 is 1.43 bits per heavy atom. The highest BCUT2D eigenvalue weighted by Gasteiger charge is 2.26. The Kier molecular flexibility index (Phi) is 2.44. The summed E-state index contributed by atoms with van der Waals surface area (Å²) in [5.41, 5.74) is 2.45. The minimum Gasteiger partial charge on any atom is -0.488 e. The molecule has 14 heavy (non-hydrogen) atoms. The first-order valence-electron chi connectivity index (χ1n) is 4.97. The van der Waals surface area contributed by atoms with Gasteiger partial charge in [0.1, 0.15) is 11.4 Å². The Labute approximate surface area is 90.0 Å². The van der Waals surface area contributed by atoms with E-state index in [0.717, 1.165) is 18.6 Å². The lowest BCUT2D eigenvalue weighted by molar-refractivity contribution is 0.0846. The standard InChI is InChI=1S/C12H15ClO/c1-12(2)6-5-10-7-9(8-13)3-4-11(10)14-12/h3-4,7H,5-6,8H2,1-2H3. The van der Waals surface area contributed by atoms with Gasteiger partial charge in [0, 0.05) is 5.88 Å². The van der Waals surface area contributed by atoms with E-state index in [4.69, 9.17) is 16.3 Å². The number of benzene rings is 1. The monoisotopic (exact) mass is 210 g/mol. The molecular formula is C12H15ClO. The molecular weight excluding hydrogens is 196 g/mol. The zero-order valence-corrected chi connectivity index (χ0v) is 9.40. The number of hydrogen-bond acceptors (Lipinski definition) is 1. The van der Waals surface area contributed by atoms with Crippen molar-refractivity contribution < 1.29 is 4.74 Å². The van der Waals surface area contributed by atoms with Crippen molar-refractivity contribution in [2.75, 3.05) is 0 Å². The van der Waals surface area contributed by atoms with Crippen LogP contribution in [0.15, 0.2) is 18.2 Å². The zero-order valence-electron chi connectivity index (χ0n) is 8.64. The van der Waals surface area contributed by atoms with Gasteiger partial charge < -0.3 is 4.74 Å². The van der Waals surface area contributed by atoms with E-state index in [9.17, 15) is 0 Å². The SMILES string of the molecule is CC1(C)CCc2cc(CCl)ccc2O1. The largest absolute Gasteiger partial charge is 0.488 e. The second kappa shape index (κ2) is 3.47. The van der Waals surface area contributed by atoms with Crippen LogP contribution < -0.4 is 4.74 Å². The Bertz CT molecular complexity index is 344. The normalized spacial score (nSPS) is 18.5. The molecule has 1 aromatic rings. The summed E-state index contributed by atoms with van der Waals surface area (Å²) < 4.78 is 5.88. The molecule has 1 aliphatic rings. The summed E-state index contributed by atoms with van der Waals surface area (Å²) in [6.07, 6.45) is 2.17. The maximum absolute atomic E-state index is 5.88. The van der Waals surface area contributed by atoms with Crippen LogP contribution in [0.4, 0.5) is 0 Å². The smallest absolute Gasteiger partial charge is 0.123 e. The maximum atomic E-state index is 5.88. The predicted octanol–water partition coefficient (Wildman–Crippen LogP) is 3.53. The molecule has 0 fully saturated rings. The first-order valence-corrected chi connectivity index (χ1v) is 5.51. The molecule has 0 radical (unpaired) electrons. The molecule has 0 saturated carbocycles. The van der Waals surface area contributed by atoms with E-state index in [1.807, 2.05) is 12.1 Å². The number of halogens is 1. The minimum atomic E-state index is -0.0184. The number of alkyl halides is 1. The summed E-state index contributed by atoms with van der Waals surface area (Å²) in [5.74, 6) is 1.60. The van der Waals surface area contributed by atoms with Gasteiger partial charge in [0.25, 0.3) is 0 Å². The van der Waals surface area contributed by atoms with Crippen molar-refractivity contribution in [3.8, 4) is 5.75 Å². The molecule has 1 aromatic carbocycles. The number of hydrogen-bond donors (Lipinski definition) is 0. The second-order valence-corrected chi connectivity index (χ2v) is 4.70. The maximum Gasteiger partial charge on any atom is 0.123 e. The highest BCUT2D eigenvalue weighted by atomic mass is 35.5. The Morgan fingerprint density at radius 2 is 2.21 bits per heavy atom. The molecule has 0 saturated heterocycles. The van der Waals surface area contributed by atoms with Crippen molar-refractivity contribution in [1.82, 2.24) is 0 Å². The lowest BCUT2D eigenvalue weighted by atomic mass is 9.93. The van der Waals surface area contributed by atoms with Crippen molar-refractivity contribution in [2.24, 2.45) is 0 Å². The van der Waals surface area contributed by atoms with Crippen molar-refractivity contribution >= 4 is 11.6 Å². The van der Waals surface area contributed by atoms with Crippen LogP contribution in [-0.4, -0.2) is 5.60 Å². The number of rotatable bonds is 1. The van der Waals surface area contributed by atoms with Crippen molar-refractivity contribution in [1.29, 1.82) is 0 Å². The molecule has 2 rings (SSSR count). The fourth-order valence-corrected chi connectivity index (χ4v) is 1.96. The molecule has 1 aliphatic heterocycles. The van der Waals surface area contributed by atoms with Gasteiger partial charge in [-0.15, -0.1) is 11.6 Å². The van der Waals surface area contributed by atoms with Gasteiger partial charge in [-0.2, -0.15) is 0 Å². The Balaban J connectivity index is 2.32. The van der Waals surface area contributed by atoms with E-state index in [2.05, 4.69) is 19.9 Å². The zero-order chi connectivity index (χ0) is 10.2. The van der Waals surface area contributed by atoms with Crippen LogP contribution in [0.2, 0.25) is 0 Å². The molecule has 0 unspecified atom stereocenters. The number of aryl methyl sites for hydroxylation is 1. The summed E-state index contributed by atoms with van der Waals surface area (Å²) in [4.78, 5) is 0. The summed E-state index contributed by atoms with van der Waals surface area (Å²) in [6.45, 7) is 4.26. The second-order valence-electron chi connectivity index (χ2n) is 4.44.